The number of benzene rings is 2. The Balaban J connectivity index is 1.69. The third kappa shape index (κ3) is 8.90. The molecule has 0 saturated carbocycles. The van der Waals surface area contributed by atoms with E-state index in [1.807, 2.05) is 65.6 Å². The molecule has 206 valence electrons. The van der Waals surface area contributed by atoms with Gasteiger partial charge < -0.3 is 14.5 Å². The molecule has 0 radical (unpaired) electrons. The topological polar surface area (TPSA) is 66.9 Å². The largest absolute Gasteiger partial charge is 0.468 e. The van der Waals surface area contributed by atoms with Crippen molar-refractivity contribution in [3.05, 3.63) is 71.8 Å². The maximum absolute atomic E-state index is 13.7. The maximum atomic E-state index is 13.7. The van der Waals surface area contributed by atoms with Crippen LogP contribution in [0.15, 0.2) is 60.7 Å². The Hall–Kier alpha value is -2.80. The van der Waals surface area contributed by atoms with E-state index in [1.165, 1.54) is 39.2 Å². The highest BCUT2D eigenvalue weighted by Gasteiger charge is 2.40. The maximum Gasteiger partial charge on any atom is 0.325 e. The monoisotopic (exact) mass is 538 g/mol. The second-order valence-corrected chi connectivity index (χ2v) is 11.0. The van der Waals surface area contributed by atoms with Crippen molar-refractivity contribution in [2.45, 2.75) is 76.1 Å². The summed E-state index contributed by atoms with van der Waals surface area (Å²) >= 11 is 1.70. The van der Waals surface area contributed by atoms with Crippen LogP contribution in [0.3, 0.4) is 0 Å². The molecule has 38 heavy (non-hydrogen) atoms. The SMILES string of the molecule is CCCCCCCCCCC(=O)N(CC(=O)OC)C[C@@H]1CSC(c2ccccc2)N1C(=O)c1ccccc1. The minimum absolute atomic E-state index is 0.0540. The van der Waals surface area contributed by atoms with Crippen molar-refractivity contribution in [1.82, 2.24) is 9.80 Å². The quantitative estimate of drug-likeness (QED) is 0.192. The highest BCUT2D eigenvalue weighted by atomic mass is 32.2. The molecule has 0 aromatic heterocycles. The fraction of sp³-hybridized carbons (Fsp3) is 0.516. The molecule has 0 N–H and O–H groups in total. The van der Waals surface area contributed by atoms with Gasteiger partial charge in [0.1, 0.15) is 11.9 Å². The highest BCUT2D eigenvalue weighted by Crippen LogP contribution is 2.42. The molecule has 1 heterocycles. The van der Waals surface area contributed by atoms with Gasteiger partial charge >= 0.3 is 5.97 Å². The van der Waals surface area contributed by atoms with Gasteiger partial charge in [-0.2, -0.15) is 0 Å². The van der Waals surface area contributed by atoms with Crippen molar-refractivity contribution in [1.29, 1.82) is 0 Å². The molecule has 0 bridgehead atoms. The molecule has 2 aromatic carbocycles. The average molecular weight is 539 g/mol. The smallest absolute Gasteiger partial charge is 0.325 e. The first-order chi connectivity index (χ1) is 18.5. The van der Waals surface area contributed by atoms with Gasteiger partial charge in [0.25, 0.3) is 5.91 Å². The molecule has 3 rings (SSSR count). The zero-order valence-electron chi connectivity index (χ0n) is 22.8. The van der Waals surface area contributed by atoms with Gasteiger partial charge in [-0.15, -0.1) is 11.8 Å². The normalized spacial score (nSPS) is 16.8. The van der Waals surface area contributed by atoms with E-state index in [0.717, 1.165) is 24.8 Å². The molecule has 1 fully saturated rings. The van der Waals surface area contributed by atoms with E-state index in [2.05, 4.69) is 6.92 Å². The summed E-state index contributed by atoms with van der Waals surface area (Å²) in [7, 11) is 1.34. The average Bonchev–Trinajstić information content (AvgIpc) is 3.37. The lowest BCUT2D eigenvalue weighted by molar-refractivity contribution is -0.147. The number of thioether (sulfide) groups is 1. The van der Waals surface area contributed by atoms with E-state index in [0.29, 0.717) is 24.3 Å². The lowest BCUT2D eigenvalue weighted by atomic mass is 10.1. The first-order valence-electron chi connectivity index (χ1n) is 13.9. The molecule has 1 aliphatic heterocycles. The van der Waals surface area contributed by atoms with Crippen molar-refractivity contribution < 1.29 is 19.1 Å². The highest BCUT2D eigenvalue weighted by molar-refractivity contribution is 7.99. The van der Waals surface area contributed by atoms with Gasteiger partial charge in [0.05, 0.1) is 13.2 Å². The first-order valence-corrected chi connectivity index (χ1v) is 15.0. The Kier molecular flexibility index (Phi) is 12.7. The van der Waals surface area contributed by atoms with E-state index in [4.69, 9.17) is 4.74 Å². The second-order valence-electron chi connectivity index (χ2n) is 9.90. The molecule has 7 heteroatoms. The Bertz CT molecular complexity index is 1000. The molecule has 1 unspecified atom stereocenters. The van der Waals surface area contributed by atoms with Crippen molar-refractivity contribution in [2.75, 3.05) is 26.0 Å². The van der Waals surface area contributed by atoms with E-state index in [-0.39, 0.29) is 29.8 Å². The number of unbranched alkanes of at least 4 members (excludes halogenated alkanes) is 7. The number of hydrogen-bond acceptors (Lipinski definition) is 5. The van der Waals surface area contributed by atoms with Crippen molar-refractivity contribution in [3.8, 4) is 0 Å². The Morgan fingerprint density at radius 3 is 2.13 bits per heavy atom. The van der Waals surface area contributed by atoms with E-state index < -0.39 is 5.97 Å². The number of ether oxygens (including phenoxy) is 1. The van der Waals surface area contributed by atoms with Gasteiger partial charge in [0.15, 0.2) is 0 Å². The van der Waals surface area contributed by atoms with Crippen LogP contribution in [0.25, 0.3) is 0 Å². The number of esters is 1. The molecule has 2 amide bonds. The lowest BCUT2D eigenvalue weighted by Crippen LogP contribution is -2.48. The molecular weight excluding hydrogens is 496 g/mol. The minimum atomic E-state index is -0.444. The van der Waals surface area contributed by atoms with E-state index in [9.17, 15) is 14.4 Å². The van der Waals surface area contributed by atoms with Crippen LogP contribution in [0.4, 0.5) is 0 Å². The molecule has 6 nitrogen and oxygen atoms in total. The van der Waals surface area contributed by atoms with Gasteiger partial charge in [0.2, 0.25) is 5.91 Å². The van der Waals surface area contributed by atoms with Crippen LogP contribution >= 0.6 is 11.8 Å². The number of amides is 2. The molecule has 1 aliphatic rings. The van der Waals surface area contributed by atoms with Gasteiger partial charge in [-0.05, 0) is 24.1 Å². The number of rotatable bonds is 15. The Morgan fingerprint density at radius 1 is 0.895 bits per heavy atom. The predicted octanol–water partition coefficient (Wildman–Crippen LogP) is 6.48. The van der Waals surface area contributed by atoms with Gasteiger partial charge in [-0.1, -0.05) is 100 Å². The zero-order valence-corrected chi connectivity index (χ0v) is 23.7. The molecule has 1 saturated heterocycles. The summed E-state index contributed by atoms with van der Waals surface area (Å²) in [4.78, 5) is 42.7. The summed E-state index contributed by atoms with van der Waals surface area (Å²) in [5.74, 6) is 0.117. The summed E-state index contributed by atoms with van der Waals surface area (Å²) in [6.07, 6.45) is 9.62. The standard InChI is InChI=1S/C31H42N2O4S/c1-3-4-5-6-7-8-9-16-21-28(34)32(23-29(35)37-2)22-27-24-38-31(26-19-14-11-15-20-26)33(27)30(36)25-17-12-10-13-18-25/h10-15,17-20,27,31H,3-9,16,21-24H2,1-2H3/t27-,31?/m1/s1. The van der Waals surface area contributed by atoms with Crippen LogP contribution in [0, 0.1) is 0 Å². The number of methoxy groups -OCH3 is 1. The van der Waals surface area contributed by atoms with Crippen LogP contribution in [0.5, 0.6) is 0 Å². The fourth-order valence-corrected chi connectivity index (χ4v) is 6.32. The van der Waals surface area contributed by atoms with E-state index in [1.54, 1.807) is 16.7 Å². The molecule has 2 aromatic rings. The van der Waals surface area contributed by atoms with Gasteiger partial charge in [0, 0.05) is 24.3 Å². The van der Waals surface area contributed by atoms with Crippen molar-refractivity contribution in [2.24, 2.45) is 0 Å². The van der Waals surface area contributed by atoms with Crippen molar-refractivity contribution in [3.63, 3.8) is 0 Å². The molecule has 0 spiro atoms. The van der Waals surface area contributed by atoms with Gasteiger partial charge in [-0.25, -0.2) is 0 Å². The molecule has 0 aliphatic carbocycles. The predicted molar refractivity (Wildman–Crippen MR) is 154 cm³/mol. The third-order valence-corrected chi connectivity index (χ3v) is 8.40. The summed E-state index contributed by atoms with van der Waals surface area (Å²) in [5, 5.41) is -0.156. The first kappa shape index (κ1) is 29.8. The number of hydrogen-bond donors (Lipinski definition) is 0. The number of nitrogens with zero attached hydrogens (tertiary/aromatic N) is 2. The summed E-state index contributed by atoms with van der Waals surface area (Å²) in [5.41, 5.74) is 1.67. The Morgan fingerprint density at radius 2 is 1.50 bits per heavy atom. The van der Waals surface area contributed by atoms with Crippen LogP contribution in [-0.2, 0) is 14.3 Å². The minimum Gasteiger partial charge on any atom is -0.468 e. The second kappa shape index (κ2) is 16.2. The number of carbonyl (C=O) groups excluding carboxylic acids is 3. The number of carbonyl (C=O) groups is 3. The molecule has 2 atom stereocenters. The summed E-state index contributed by atoms with van der Waals surface area (Å²) < 4.78 is 4.90. The third-order valence-electron chi connectivity index (χ3n) is 7.01. The lowest BCUT2D eigenvalue weighted by Gasteiger charge is -2.33. The zero-order chi connectivity index (χ0) is 27.2. The fourth-order valence-electron chi connectivity index (χ4n) is 4.87. The molecular formula is C31H42N2O4S. The summed E-state index contributed by atoms with van der Waals surface area (Å²) in [6.45, 7) is 2.42. The van der Waals surface area contributed by atoms with Crippen LogP contribution in [-0.4, -0.2) is 59.6 Å². The van der Waals surface area contributed by atoms with Gasteiger partial charge in [-0.3, -0.25) is 14.4 Å². The van der Waals surface area contributed by atoms with Crippen molar-refractivity contribution >= 4 is 29.5 Å². The van der Waals surface area contributed by atoms with E-state index >= 15 is 0 Å². The van der Waals surface area contributed by atoms with Crippen LogP contribution < -0.4 is 0 Å². The Labute approximate surface area is 232 Å². The van der Waals surface area contributed by atoms with Crippen LogP contribution in [0.1, 0.15) is 86.0 Å². The van der Waals surface area contributed by atoms with Crippen LogP contribution in [0.2, 0.25) is 0 Å². The summed E-state index contributed by atoms with van der Waals surface area (Å²) in [6, 6.07) is 19.0.